The van der Waals surface area contributed by atoms with E-state index in [1.807, 2.05) is 0 Å². The second-order valence-electron chi connectivity index (χ2n) is 6.29. The molecule has 0 saturated carbocycles. The maximum Gasteiger partial charge on any atom is 0.332 e. The van der Waals surface area contributed by atoms with E-state index in [2.05, 4.69) is 10.3 Å². The van der Waals surface area contributed by atoms with Crippen LogP contribution in [0.5, 0.6) is 0 Å². The molecule has 0 fully saturated rings. The minimum absolute atomic E-state index is 0.0342. The number of rotatable bonds is 4. The number of hydrogen-bond donors (Lipinski definition) is 1. The highest BCUT2D eigenvalue weighted by molar-refractivity contribution is 6.31. The molecule has 0 aliphatic heterocycles. The largest absolute Gasteiger partial charge is 0.332 e. The number of nitrogens with one attached hydrogen (secondary N) is 1. The first-order chi connectivity index (χ1) is 13.7. The number of nitro benzene ring substituents is 1. The van der Waals surface area contributed by atoms with Gasteiger partial charge in [-0.25, -0.2) is 9.78 Å². The quantitative estimate of drug-likeness (QED) is 0.510. The van der Waals surface area contributed by atoms with Crippen LogP contribution in [0.2, 0.25) is 5.02 Å². The van der Waals surface area contributed by atoms with Gasteiger partial charge in [-0.05, 0) is 24.1 Å². The standard InChI is InChI=1S/C18H16ClN5O5/c1-4-9-8-20-15-13(17(26)23(3)18(27)22(15)2)14(9)21-16(25)11-7-10(19)5-6-12(11)24(28)29/h5-8H,4H2,1-3H3,(H,20,21,25). The Labute approximate surface area is 168 Å². The normalized spacial score (nSPS) is 10.9. The summed E-state index contributed by atoms with van der Waals surface area (Å²) in [6.45, 7) is 1.80. The van der Waals surface area contributed by atoms with Crippen molar-refractivity contribution >= 4 is 39.9 Å². The van der Waals surface area contributed by atoms with Crippen molar-refractivity contribution in [3.63, 3.8) is 0 Å². The van der Waals surface area contributed by atoms with Crippen molar-refractivity contribution in [2.24, 2.45) is 14.1 Å². The number of aryl methyl sites for hydroxylation is 2. The second-order valence-corrected chi connectivity index (χ2v) is 6.73. The number of amides is 1. The van der Waals surface area contributed by atoms with Crippen molar-refractivity contribution in [2.75, 3.05) is 5.32 Å². The van der Waals surface area contributed by atoms with Gasteiger partial charge in [0.15, 0.2) is 5.65 Å². The van der Waals surface area contributed by atoms with Gasteiger partial charge >= 0.3 is 5.69 Å². The average molecular weight is 418 g/mol. The van der Waals surface area contributed by atoms with Crippen LogP contribution < -0.4 is 16.6 Å². The summed E-state index contributed by atoms with van der Waals surface area (Å²) in [4.78, 5) is 52.6. The minimum atomic E-state index is -0.808. The summed E-state index contributed by atoms with van der Waals surface area (Å²) in [5.41, 5.74) is -1.12. The predicted molar refractivity (Wildman–Crippen MR) is 108 cm³/mol. The molecule has 0 saturated heterocycles. The molecule has 0 radical (unpaired) electrons. The van der Waals surface area contributed by atoms with E-state index in [4.69, 9.17) is 11.6 Å². The molecule has 10 nitrogen and oxygen atoms in total. The molecule has 3 aromatic rings. The predicted octanol–water partition coefficient (Wildman–Crippen LogP) is 2.01. The summed E-state index contributed by atoms with van der Waals surface area (Å²) in [7, 11) is 2.77. The van der Waals surface area contributed by atoms with Crippen molar-refractivity contribution in [2.45, 2.75) is 13.3 Å². The first-order valence-corrected chi connectivity index (χ1v) is 8.88. The molecule has 0 aliphatic rings. The Morgan fingerprint density at radius 3 is 2.59 bits per heavy atom. The van der Waals surface area contributed by atoms with Crippen LogP contribution in [0.4, 0.5) is 11.4 Å². The van der Waals surface area contributed by atoms with Gasteiger partial charge in [-0.1, -0.05) is 18.5 Å². The van der Waals surface area contributed by atoms with E-state index in [-0.39, 0.29) is 27.3 Å². The fourth-order valence-corrected chi connectivity index (χ4v) is 3.18. The lowest BCUT2D eigenvalue weighted by atomic mass is 10.1. The fraction of sp³-hybridized carbons (Fsp3) is 0.222. The number of aromatic nitrogens is 3. The van der Waals surface area contributed by atoms with Gasteiger partial charge in [0.05, 0.1) is 10.6 Å². The third-order valence-electron chi connectivity index (χ3n) is 4.57. The number of anilines is 1. The van der Waals surface area contributed by atoms with Gasteiger partial charge in [-0.3, -0.25) is 28.8 Å². The molecule has 0 atom stereocenters. The van der Waals surface area contributed by atoms with E-state index in [0.717, 1.165) is 10.6 Å². The third kappa shape index (κ3) is 3.38. The smallest absolute Gasteiger partial charge is 0.321 e. The molecule has 1 N–H and O–H groups in total. The molecule has 0 bridgehead atoms. The summed E-state index contributed by atoms with van der Waals surface area (Å²) < 4.78 is 2.09. The van der Waals surface area contributed by atoms with E-state index in [1.54, 1.807) is 6.92 Å². The number of nitrogens with zero attached hydrogens (tertiary/aromatic N) is 4. The number of halogens is 1. The zero-order valence-corrected chi connectivity index (χ0v) is 16.5. The average Bonchev–Trinajstić information content (AvgIpc) is 2.69. The molecule has 150 valence electrons. The van der Waals surface area contributed by atoms with Gasteiger partial charge in [0.2, 0.25) is 0 Å². The minimum Gasteiger partial charge on any atom is -0.321 e. The number of fused-ring (bicyclic) bond motifs is 1. The number of nitro groups is 1. The van der Waals surface area contributed by atoms with Crippen LogP contribution in [0.25, 0.3) is 11.0 Å². The summed E-state index contributed by atoms with van der Waals surface area (Å²) in [5, 5.41) is 14.1. The topological polar surface area (TPSA) is 129 Å². The Kier molecular flexibility index (Phi) is 5.21. The van der Waals surface area contributed by atoms with E-state index >= 15 is 0 Å². The molecule has 11 heteroatoms. The van der Waals surface area contributed by atoms with Crippen LogP contribution in [0.15, 0.2) is 34.0 Å². The number of pyridine rings is 1. The lowest BCUT2D eigenvalue weighted by Crippen LogP contribution is -2.38. The molecule has 0 spiro atoms. The highest BCUT2D eigenvalue weighted by Crippen LogP contribution is 2.27. The first-order valence-electron chi connectivity index (χ1n) is 8.50. The molecule has 1 amide bonds. The van der Waals surface area contributed by atoms with Crippen LogP contribution >= 0.6 is 11.6 Å². The number of carbonyl (C=O) groups is 1. The van der Waals surface area contributed by atoms with E-state index in [9.17, 15) is 24.5 Å². The zero-order chi connectivity index (χ0) is 21.5. The first kappa shape index (κ1) is 20.2. The Bertz CT molecular complexity index is 1290. The molecule has 0 aliphatic carbocycles. The summed E-state index contributed by atoms with van der Waals surface area (Å²) in [6, 6.07) is 3.62. The maximum absolute atomic E-state index is 12.9. The van der Waals surface area contributed by atoms with Crippen LogP contribution in [0, 0.1) is 10.1 Å². The number of benzene rings is 1. The van der Waals surface area contributed by atoms with Gasteiger partial charge in [-0.15, -0.1) is 0 Å². The molecule has 0 unspecified atom stereocenters. The zero-order valence-electron chi connectivity index (χ0n) is 15.7. The lowest BCUT2D eigenvalue weighted by Gasteiger charge is -2.15. The number of hydrogen-bond acceptors (Lipinski definition) is 6. The molecular weight excluding hydrogens is 402 g/mol. The van der Waals surface area contributed by atoms with Gasteiger partial charge in [0.1, 0.15) is 10.9 Å². The molecule has 29 heavy (non-hydrogen) atoms. The summed E-state index contributed by atoms with van der Waals surface area (Å²) >= 11 is 5.90. The SMILES string of the molecule is CCc1cnc2c(c1NC(=O)c1cc(Cl)ccc1[N+](=O)[O-])c(=O)n(C)c(=O)n2C. The van der Waals surface area contributed by atoms with Gasteiger partial charge in [0.25, 0.3) is 17.2 Å². The lowest BCUT2D eigenvalue weighted by molar-refractivity contribution is -0.385. The van der Waals surface area contributed by atoms with E-state index in [0.29, 0.717) is 12.0 Å². The van der Waals surface area contributed by atoms with Crippen LogP contribution in [-0.2, 0) is 20.5 Å². The van der Waals surface area contributed by atoms with E-state index < -0.39 is 27.8 Å². The number of carbonyl (C=O) groups excluding carboxylic acids is 1. The highest BCUT2D eigenvalue weighted by atomic mass is 35.5. The summed E-state index contributed by atoms with van der Waals surface area (Å²) in [6.07, 6.45) is 1.87. The molecule has 1 aromatic carbocycles. The van der Waals surface area contributed by atoms with Crippen LogP contribution in [0.1, 0.15) is 22.8 Å². The Hall–Kier alpha value is -3.53. The van der Waals surface area contributed by atoms with Crippen molar-refractivity contribution < 1.29 is 9.72 Å². The monoisotopic (exact) mass is 417 g/mol. The fourth-order valence-electron chi connectivity index (χ4n) is 3.01. The Balaban J connectivity index is 2.27. The van der Waals surface area contributed by atoms with Crippen LogP contribution in [0.3, 0.4) is 0 Å². The van der Waals surface area contributed by atoms with Gasteiger partial charge < -0.3 is 5.32 Å². The van der Waals surface area contributed by atoms with Crippen molar-refractivity contribution in [3.05, 3.63) is 71.5 Å². The van der Waals surface area contributed by atoms with Crippen LogP contribution in [-0.4, -0.2) is 24.9 Å². The molecule has 2 heterocycles. The third-order valence-corrected chi connectivity index (χ3v) is 4.80. The van der Waals surface area contributed by atoms with Crippen molar-refractivity contribution in [3.8, 4) is 0 Å². The Morgan fingerprint density at radius 2 is 1.97 bits per heavy atom. The van der Waals surface area contributed by atoms with Crippen molar-refractivity contribution in [1.29, 1.82) is 0 Å². The van der Waals surface area contributed by atoms with E-state index in [1.165, 1.54) is 37.0 Å². The Morgan fingerprint density at radius 1 is 1.28 bits per heavy atom. The van der Waals surface area contributed by atoms with Gasteiger partial charge in [-0.2, -0.15) is 0 Å². The summed E-state index contributed by atoms with van der Waals surface area (Å²) in [5.74, 6) is -0.808. The van der Waals surface area contributed by atoms with Crippen molar-refractivity contribution in [1.82, 2.24) is 14.1 Å². The van der Waals surface area contributed by atoms with Gasteiger partial charge in [0, 0.05) is 31.4 Å². The molecular formula is C18H16ClN5O5. The second kappa shape index (κ2) is 7.47. The maximum atomic E-state index is 12.9. The highest BCUT2D eigenvalue weighted by Gasteiger charge is 2.24. The molecule has 2 aromatic heterocycles. The molecule has 3 rings (SSSR count).